The fraction of sp³-hybridized carbons (Fsp3) is 0.0769. The van der Waals surface area contributed by atoms with Crippen LogP contribution in [0.3, 0.4) is 0 Å². The fourth-order valence-electron chi connectivity index (χ4n) is 1.64. The smallest absolute Gasteiger partial charge is 0.200 e. The maximum atomic E-state index is 13.5. The molecule has 0 aliphatic heterocycles. The van der Waals surface area contributed by atoms with Crippen molar-refractivity contribution in [2.75, 3.05) is 0 Å². The number of halogens is 6. The van der Waals surface area contributed by atoms with Gasteiger partial charge in [0.05, 0.1) is 0 Å². The third-order valence-corrected chi connectivity index (χ3v) is 3.40. The zero-order valence-electron chi connectivity index (χ0n) is 9.28. The molecule has 19 heavy (non-hydrogen) atoms. The Kier molecular flexibility index (Phi) is 3.89. The van der Waals surface area contributed by atoms with Crippen LogP contribution < -0.4 is 0 Å². The van der Waals surface area contributed by atoms with Gasteiger partial charge in [0, 0.05) is 16.5 Å². The van der Waals surface area contributed by atoms with Crippen molar-refractivity contribution in [2.24, 2.45) is 0 Å². The van der Waals surface area contributed by atoms with Crippen molar-refractivity contribution >= 4 is 15.9 Å². The van der Waals surface area contributed by atoms with E-state index >= 15 is 0 Å². The Bertz CT molecular complexity index is 610. The number of rotatable bonds is 2. The quantitative estimate of drug-likeness (QED) is 0.422. The van der Waals surface area contributed by atoms with Gasteiger partial charge in [0.2, 0.25) is 5.82 Å². The molecule has 0 unspecified atom stereocenters. The van der Waals surface area contributed by atoms with E-state index in [4.69, 9.17) is 0 Å². The van der Waals surface area contributed by atoms with Gasteiger partial charge in [0.25, 0.3) is 0 Å². The summed E-state index contributed by atoms with van der Waals surface area (Å²) < 4.78 is 66.4. The SMILES string of the molecule is Fc1c(F)c(F)c(Cc2ccccc2Br)c(F)c1F. The first-order valence-corrected chi connectivity index (χ1v) is 5.96. The molecule has 0 amide bonds. The van der Waals surface area contributed by atoms with Gasteiger partial charge in [-0.05, 0) is 11.6 Å². The molecule has 0 spiro atoms. The minimum atomic E-state index is -2.15. The molecule has 0 atom stereocenters. The first-order chi connectivity index (χ1) is 8.93. The summed E-state index contributed by atoms with van der Waals surface area (Å²) in [5.41, 5.74) is -0.422. The molecular weight excluding hydrogens is 331 g/mol. The third kappa shape index (κ3) is 2.49. The minimum Gasteiger partial charge on any atom is -0.203 e. The van der Waals surface area contributed by atoms with Crippen molar-refractivity contribution in [1.82, 2.24) is 0 Å². The van der Waals surface area contributed by atoms with E-state index in [1.54, 1.807) is 18.2 Å². The van der Waals surface area contributed by atoms with Crippen LogP contribution in [-0.4, -0.2) is 0 Å². The van der Waals surface area contributed by atoms with E-state index in [2.05, 4.69) is 15.9 Å². The third-order valence-electron chi connectivity index (χ3n) is 2.63. The Labute approximate surface area is 114 Å². The molecule has 0 aromatic heterocycles. The van der Waals surface area contributed by atoms with E-state index in [1.807, 2.05) is 0 Å². The summed E-state index contributed by atoms with van der Waals surface area (Å²) in [6.45, 7) is 0. The van der Waals surface area contributed by atoms with E-state index < -0.39 is 41.1 Å². The molecule has 0 bridgehead atoms. The van der Waals surface area contributed by atoms with Crippen LogP contribution >= 0.6 is 15.9 Å². The van der Waals surface area contributed by atoms with Crippen LogP contribution in [0.15, 0.2) is 28.7 Å². The molecule has 2 aromatic carbocycles. The van der Waals surface area contributed by atoms with Gasteiger partial charge in [-0.2, -0.15) is 0 Å². The van der Waals surface area contributed by atoms with Crippen molar-refractivity contribution < 1.29 is 22.0 Å². The van der Waals surface area contributed by atoms with Crippen LogP contribution in [-0.2, 0) is 6.42 Å². The molecule has 6 heteroatoms. The van der Waals surface area contributed by atoms with Gasteiger partial charge in [-0.1, -0.05) is 34.1 Å². The molecule has 0 nitrogen and oxygen atoms in total. The number of hydrogen-bond acceptors (Lipinski definition) is 0. The number of benzene rings is 2. The molecule has 0 saturated heterocycles. The lowest BCUT2D eigenvalue weighted by Gasteiger charge is -2.09. The van der Waals surface area contributed by atoms with Crippen LogP contribution in [0.2, 0.25) is 0 Å². The predicted molar refractivity (Wildman–Crippen MR) is 63.2 cm³/mol. The highest BCUT2D eigenvalue weighted by atomic mass is 79.9. The van der Waals surface area contributed by atoms with Crippen LogP contribution in [0.4, 0.5) is 22.0 Å². The minimum absolute atomic E-state index is 0.396. The van der Waals surface area contributed by atoms with Gasteiger partial charge in [-0.3, -0.25) is 0 Å². The predicted octanol–water partition coefficient (Wildman–Crippen LogP) is 4.74. The maximum Gasteiger partial charge on any atom is 0.200 e. The van der Waals surface area contributed by atoms with Gasteiger partial charge >= 0.3 is 0 Å². The van der Waals surface area contributed by atoms with Gasteiger partial charge in [0.1, 0.15) is 0 Å². The van der Waals surface area contributed by atoms with Gasteiger partial charge in [-0.15, -0.1) is 0 Å². The van der Waals surface area contributed by atoms with Crippen molar-refractivity contribution in [3.63, 3.8) is 0 Å². The Morgan fingerprint density at radius 1 is 0.737 bits per heavy atom. The van der Waals surface area contributed by atoms with Gasteiger partial charge in [0.15, 0.2) is 23.3 Å². The summed E-state index contributed by atoms with van der Waals surface area (Å²) >= 11 is 3.15. The summed E-state index contributed by atoms with van der Waals surface area (Å²) in [5, 5.41) is 0. The second kappa shape index (κ2) is 5.28. The number of hydrogen-bond donors (Lipinski definition) is 0. The molecule has 2 rings (SSSR count). The highest BCUT2D eigenvalue weighted by Crippen LogP contribution is 2.27. The van der Waals surface area contributed by atoms with E-state index in [-0.39, 0.29) is 0 Å². The van der Waals surface area contributed by atoms with Crippen LogP contribution in [0.1, 0.15) is 11.1 Å². The largest absolute Gasteiger partial charge is 0.203 e. The molecule has 0 aliphatic rings. The zero-order valence-corrected chi connectivity index (χ0v) is 10.9. The van der Waals surface area contributed by atoms with E-state index in [0.29, 0.717) is 10.0 Å². The first kappa shape index (κ1) is 14.0. The average Bonchev–Trinajstić information content (AvgIpc) is 2.41. The highest BCUT2D eigenvalue weighted by Gasteiger charge is 2.25. The van der Waals surface area contributed by atoms with Crippen molar-refractivity contribution in [1.29, 1.82) is 0 Å². The van der Waals surface area contributed by atoms with E-state index in [9.17, 15) is 22.0 Å². The normalized spacial score (nSPS) is 10.8. The Balaban J connectivity index is 2.56. The monoisotopic (exact) mass is 336 g/mol. The standard InChI is InChI=1S/C13H6BrF5/c14-8-4-2-1-3-6(8)5-7-9(15)11(17)13(19)12(18)10(7)16/h1-4H,5H2. The zero-order chi connectivity index (χ0) is 14.2. The molecule has 0 radical (unpaired) electrons. The lowest BCUT2D eigenvalue weighted by Crippen LogP contribution is -2.07. The average molecular weight is 337 g/mol. The highest BCUT2D eigenvalue weighted by molar-refractivity contribution is 9.10. The van der Waals surface area contributed by atoms with Crippen LogP contribution in [0.25, 0.3) is 0 Å². The van der Waals surface area contributed by atoms with E-state index in [1.165, 1.54) is 6.07 Å². The Morgan fingerprint density at radius 3 is 1.74 bits per heavy atom. The second-order valence-corrected chi connectivity index (χ2v) is 4.67. The summed E-state index contributed by atoms with van der Waals surface area (Å²) in [6, 6.07) is 6.42. The summed E-state index contributed by atoms with van der Waals surface area (Å²) in [6.07, 6.45) is -0.396. The van der Waals surface area contributed by atoms with E-state index in [0.717, 1.165) is 0 Å². The summed E-state index contributed by atoms with van der Waals surface area (Å²) in [5.74, 6) is -9.60. The Hall–Kier alpha value is -1.43. The van der Waals surface area contributed by atoms with Gasteiger partial charge < -0.3 is 0 Å². The molecule has 2 aromatic rings. The Morgan fingerprint density at radius 2 is 1.21 bits per heavy atom. The van der Waals surface area contributed by atoms with Crippen LogP contribution in [0, 0.1) is 29.1 Å². The van der Waals surface area contributed by atoms with Crippen LogP contribution in [0.5, 0.6) is 0 Å². The lowest BCUT2D eigenvalue weighted by atomic mass is 10.0. The maximum absolute atomic E-state index is 13.5. The molecular formula is C13H6BrF5. The van der Waals surface area contributed by atoms with Crippen molar-refractivity contribution in [3.05, 3.63) is 69.0 Å². The lowest BCUT2D eigenvalue weighted by molar-refractivity contribution is 0.371. The molecule has 0 fully saturated rings. The topological polar surface area (TPSA) is 0 Å². The summed E-state index contributed by atoms with van der Waals surface area (Å²) in [7, 11) is 0. The van der Waals surface area contributed by atoms with Crippen molar-refractivity contribution in [2.45, 2.75) is 6.42 Å². The first-order valence-electron chi connectivity index (χ1n) is 5.17. The molecule has 0 heterocycles. The second-order valence-electron chi connectivity index (χ2n) is 3.82. The summed E-state index contributed by atoms with van der Waals surface area (Å²) in [4.78, 5) is 0. The molecule has 0 saturated carbocycles. The molecule has 100 valence electrons. The molecule has 0 aliphatic carbocycles. The van der Waals surface area contributed by atoms with Crippen molar-refractivity contribution in [3.8, 4) is 0 Å². The van der Waals surface area contributed by atoms with Gasteiger partial charge in [-0.25, -0.2) is 22.0 Å². The fourth-order valence-corrected chi connectivity index (χ4v) is 2.06. The molecule has 0 N–H and O–H groups in total.